The van der Waals surface area contributed by atoms with Crippen LogP contribution in [0.25, 0.3) is 0 Å². The highest BCUT2D eigenvalue weighted by atomic mass is 32.2. The quantitative estimate of drug-likeness (QED) is 0.689. The van der Waals surface area contributed by atoms with Crippen LogP contribution in [0.1, 0.15) is 26.2 Å². The monoisotopic (exact) mass is 235 g/mol. The van der Waals surface area contributed by atoms with Gasteiger partial charge in [-0.1, -0.05) is 6.92 Å². The number of hydrogen-bond donors (Lipinski definition) is 2. The molecular weight excluding hydrogens is 214 g/mol. The van der Waals surface area contributed by atoms with E-state index in [1.807, 2.05) is 6.92 Å². The molecule has 1 rings (SSSR count). The molecular formula is C10H21NO3S. The van der Waals surface area contributed by atoms with Crippen LogP contribution in [0.4, 0.5) is 0 Å². The Morgan fingerprint density at radius 1 is 1.40 bits per heavy atom. The van der Waals surface area contributed by atoms with Gasteiger partial charge < -0.3 is 10.4 Å². The van der Waals surface area contributed by atoms with Crippen molar-refractivity contribution in [3.63, 3.8) is 0 Å². The third kappa shape index (κ3) is 3.74. The Bertz CT molecular complexity index is 281. The molecule has 0 aliphatic carbocycles. The van der Waals surface area contributed by atoms with Gasteiger partial charge in [-0.2, -0.15) is 0 Å². The van der Waals surface area contributed by atoms with Crippen LogP contribution in [0.3, 0.4) is 0 Å². The van der Waals surface area contributed by atoms with Crippen molar-refractivity contribution in [3.8, 4) is 0 Å². The minimum atomic E-state index is -2.91. The highest BCUT2D eigenvalue weighted by Crippen LogP contribution is 2.29. The van der Waals surface area contributed by atoms with Crippen LogP contribution < -0.4 is 5.32 Å². The summed E-state index contributed by atoms with van der Waals surface area (Å²) in [5, 5.41) is 12.5. The molecule has 1 heterocycles. The van der Waals surface area contributed by atoms with E-state index >= 15 is 0 Å². The first-order chi connectivity index (χ1) is 7.04. The van der Waals surface area contributed by atoms with Crippen molar-refractivity contribution in [2.45, 2.75) is 26.2 Å². The smallest absolute Gasteiger partial charge is 0.150 e. The Hall–Kier alpha value is -0.130. The minimum Gasteiger partial charge on any atom is -0.396 e. The van der Waals surface area contributed by atoms with E-state index in [0.717, 1.165) is 19.5 Å². The lowest BCUT2D eigenvalue weighted by Crippen LogP contribution is -2.31. The summed E-state index contributed by atoms with van der Waals surface area (Å²) in [6.07, 6.45) is 2.14. The molecule has 0 aromatic carbocycles. The summed E-state index contributed by atoms with van der Waals surface area (Å²) >= 11 is 0. The standard InChI is InChI=1S/C10H21NO3S/c1-2-6-15(13,14)7-4-10(9-12)3-5-11-8-10/h11-12H,2-9H2,1H3. The van der Waals surface area contributed by atoms with Crippen molar-refractivity contribution in [1.29, 1.82) is 0 Å². The van der Waals surface area contributed by atoms with Gasteiger partial charge in [0.2, 0.25) is 0 Å². The Morgan fingerprint density at radius 3 is 2.60 bits per heavy atom. The predicted molar refractivity (Wildman–Crippen MR) is 60.6 cm³/mol. The molecule has 0 amide bonds. The first-order valence-electron chi connectivity index (χ1n) is 5.56. The van der Waals surface area contributed by atoms with E-state index < -0.39 is 9.84 Å². The van der Waals surface area contributed by atoms with E-state index in [4.69, 9.17) is 0 Å². The SMILES string of the molecule is CCCS(=O)(=O)CCC1(CO)CCNC1. The maximum atomic E-state index is 11.5. The average Bonchev–Trinajstić information content (AvgIpc) is 2.64. The molecule has 0 saturated carbocycles. The maximum Gasteiger partial charge on any atom is 0.150 e. The second kappa shape index (κ2) is 5.27. The lowest BCUT2D eigenvalue weighted by molar-refractivity contribution is 0.139. The molecule has 15 heavy (non-hydrogen) atoms. The maximum absolute atomic E-state index is 11.5. The summed E-state index contributed by atoms with van der Waals surface area (Å²) < 4.78 is 23.1. The van der Waals surface area contributed by atoms with E-state index in [9.17, 15) is 13.5 Å². The van der Waals surface area contributed by atoms with Crippen molar-refractivity contribution in [1.82, 2.24) is 5.32 Å². The molecule has 1 fully saturated rings. The Balaban J connectivity index is 2.47. The molecule has 1 aliphatic heterocycles. The van der Waals surface area contributed by atoms with E-state index in [1.165, 1.54) is 0 Å². The molecule has 1 aliphatic rings. The fraction of sp³-hybridized carbons (Fsp3) is 1.00. The van der Waals surface area contributed by atoms with Gasteiger partial charge in [-0.05, 0) is 25.8 Å². The molecule has 1 unspecified atom stereocenters. The zero-order valence-electron chi connectivity index (χ0n) is 9.33. The van der Waals surface area contributed by atoms with Crippen molar-refractivity contribution in [2.75, 3.05) is 31.2 Å². The van der Waals surface area contributed by atoms with Crippen LogP contribution in [0, 0.1) is 5.41 Å². The Kier molecular flexibility index (Phi) is 4.55. The first kappa shape index (κ1) is 12.9. The molecule has 1 atom stereocenters. The summed E-state index contributed by atoms with van der Waals surface area (Å²) in [4.78, 5) is 0. The Labute approximate surface area is 92.0 Å². The van der Waals surface area contributed by atoms with Gasteiger partial charge in [0, 0.05) is 24.3 Å². The fourth-order valence-electron chi connectivity index (χ4n) is 2.01. The molecule has 0 radical (unpaired) electrons. The van der Waals surface area contributed by atoms with E-state index in [0.29, 0.717) is 12.8 Å². The van der Waals surface area contributed by atoms with E-state index in [2.05, 4.69) is 5.32 Å². The molecule has 0 spiro atoms. The van der Waals surface area contributed by atoms with Crippen LogP contribution >= 0.6 is 0 Å². The second-order valence-electron chi connectivity index (χ2n) is 4.49. The zero-order valence-corrected chi connectivity index (χ0v) is 10.1. The normalized spacial score (nSPS) is 27.1. The highest BCUT2D eigenvalue weighted by Gasteiger charge is 2.34. The number of hydrogen-bond acceptors (Lipinski definition) is 4. The Morgan fingerprint density at radius 2 is 2.13 bits per heavy atom. The van der Waals surface area contributed by atoms with Crippen LogP contribution in [-0.2, 0) is 9.84 Å². The second-order valence-corrected chi connectivity index (χ2v) is 6.79. The number of rotatable bonds is 6. The number of sulfone groups is 1. The lowest BCUT2D eigenvalue weighted by Gasteiger charge is -2.25. The van der Waals surface area contributed by atoms with Gasteiger partial charge in [-0.3, -0.25) is 0 Å². The van der Waals surface area contributed by atoms with Crippen molar-refractivity contribution in [2.24, 2.45) is 5.41 Å². The molecule has 4 nitrogen and oxygen atoms in total. The van der Waals surface area contributed by atoms with E-state index in [-0.39, 0.29) is 23.5 Å². The van der Waals surface area contributed by atoms with Gasteiger partial charge in [0.1, 0.15) is 9.84 Å². The predicted octanol–water partition coefficient (Wildman–Crippen LogP) is 0.173. The van der Waals surface area contributed by atoms with Crippen LogP contribution in [0.15, 0.2) is 0 Å². The van der Waals surface area contributed by atoms with Gasteiger partial charge in [-0.25, -0.2) is 8.42 Å². The third-order valence-electron chi connectivity index (χ3n) is 3.13. The van der Waals surface area contributed by atoms with Gasteiger partial charge >= 0.3 is 0 Å². The first-order valence-corrected chi connectivity index (χ1v) is 7.38. The van der Waals surface area contributed by atoms with Crippen molar-refractivity contribution in [3.05, 3.63) is 0 Å². The molecule has 2 N–H and O–H groups in total. The minimum absolute atomic E-state index is 0.0850. The van der Waals surface area contributed by atoms with Crippen LogP contribution in [-0.4, -0.2) is 44.7 Å². The molecule has 0 aromatic heterocycles. The van der Waals surface area contributed by atoms with E-state index in [1.54, 1.807) is 0 Å². The van der Waals surface area contributed by atoms with Gasteiger partial charge in [0.25, 0.3) is 0 Å². The average molecular weight is 235 g/mol. The molecule has 90 valence electrons. The van der Waals surface area contributed by atoms with Crippen LogP contribution in [0.5, 0.6) is 0 Å². The highest BCUT2D eigenvalue weighted by molar-refractivity contribution is 7.91. The van der Waals surface area contributed by atoms with Crippen molar-refractivity contribution >= 4 is 9.84 Å². The summed E-state index contributed by atoms with van der Waals surface area (Å²) in [5.41, 5.74) is -0.194. The summed E-state index contributed by atoms with van der Waals surface area (Å²) in [6.45, 7) is 3.58. The molecule has 1 saturated heterocycles. The lowest BCUT2D eigenvalue weighted by atomic mass is 9.85. The molecule has 0 bridgehead atoms. The summed E-state index contributed by atoms with van der Waals surface area (Å²) in [7, 11) is -2.91. The third-order valence-corrected chi connectivity index (χ3v) is 4.98. The van der Waals surface area contributed by atoms with Crippen molar-refractivity contribution < 1.29 is 13.5 Å². The number of nitrogens with one attached hydrogen (secondary N) is 1. The van der Waals surface area contributed by atoms with Gasteiger partial charge in [0.05, 0.1) is 5.75 Å². The van der Waals surface area contributed by atoms with Gasteiger partial charge in [0.15, 0.2) is 0 Å². The topological polar surface area (TPSA) is 66.4 Å². The summed E-state index contributed by atoms with van der Waals surface area (Å²) in [6, 6.07) is 0. The largest absolute Gasteiger partial charge is 0.396 e. The van der Waals surface area contributed by atoms with Gasteiger partial charge in [-0.15, -0.1) is 0 Å². The molecule has 0 aromatic rings. The number of aliphatic hydroxyl groups excluding tert-OH is 1. The molecule has 5 heteroatoms. The summed E-state index contributed by atoms with van der Waals surface area (Å²) in [5.74, 6) is 0.477. The number of aliphatic hydroxyl groups is 1. The van der Waals surface area contributed by atoms with Crippen LogP contribution in [0.2, 0.25) is 0 Å². The fourth-order valence-corrected chi connectivity index (χ4v) is 3.58. The zero-order chi connectivity index (χ0) is 11.4.